The average Bonchev–Trinajstić information content (AvgIpc) is 3.29. The third kappa shape index (κ3) is 3.46. The fourth-order valence-electron chi connectivity index (χ4n) is 3.13. The van der Waals surface area contributed by atoms with E-state index in [9.17, 15) is 9.59 Å². The maximum atomic E-state index is 13.3. The summed E-state index contributed by atoms with van der Waals surface area (Å²) in [5.41, 5.74) is 3.33. The van der Waals surface area contributed by atoms with Gasteiger partial charge in [0.15, 0.2) is 0 Å². The zero-order valence-electron chi connectivity index (χ0n) is 15.6. The van der Waals surface area contributed by atoms with Gasteiger partial charge in [-0.1, -0.05) is 41.4 Å². The number of hydrogen-bond acceptors (Lipinski definition) is 4. The van der Waals surface area contributed by atoms with E-state index in [1.807, 2.05) is 37.4 Å². The molecule has 146 valence electrons. The Hall–Kier alpha value is -2.60. The highest BCUT2D eigenvalue weighted by atomic mass is 35.5. The van der Waals surface area contributed by atoms with Crippen molar-refractivity contribution >= 4 is 63.3 Å². The van der Waals surface area contributed by atoms with Gasteiger partial charge in [0.25, 0.3) is 11.8 Å². The van der Waals surface area contributed by atoms with E-state index in [-0.39, 0.29) is 11.6 Å². The van der Waals surface area contributed by atoms with Crippen molar-refractivity contribution in [1.29, 1.82) is 0 Å². The fraction of sp³-hybridized carbons (Fsp3) is 0.0909. The smallest absolute Gasteiger partial charge is 0.282 e. The largest absolute Gasteiger partial charge is 0.350 e. The third-order valence-corrected chi connectivity index (χ3v) is 6.50. The molecule has 1 aliphatic rings. The number of rotatable bonds is 4. The first kappa shape index (κ1) is 19.7. The second kappa shape index (κ2) is 7.67. The van der Waals surface area contributed by atoms with Crippen LogP contribution in [0.5, 0.6) is 0 Å². The lowest BCUT2D eigenvalue weighted by Crippen LogP contribution is -2.32. The number of carbonyl (C=O) groups is 2. The van der Waals surface area contributed by atoms with Gasteiger partial charge in [0.2, 0.25) is 0 Å². The van der Waals surface area contributed by atoms with Crippen LogP contribution in [0.2, 0.25) is 10.0 Å². The van der Waals surface area contributed by atoms with Crippen molar-refractivity contribution in [1.82, 2.24) is 0 Å². The number of nitrogens with one attached hydrogen (secondary N) is 1. The maximum absolute atomic E-state index is 13.3. The van der Waals surface area contributed by atoms with Gasteiger partial charge in [0.1, 0.15) is 5.70 Å². The molecule has 1 N–H and O–H groups in total. The van der Waals surface area contributed by atoms with E-state index in [1.165, 1.54) is 11.3 Å². The van der Waals surface area contributed by atoms with Crippen molar-refractivity contribution < 1.29 is 9.59 Å². The Kier molecular flexibility index (Phi) is 5.21. The number of hydrogen-bond donors (Lipinski definition) is 1. The minimum Gasteiger partial charge on any atom is -0.350 e. The molecule has 0 radical (unpaired) electrons. The topological polar surface area (TPSA) is 49.4 Å². The van der Waals surface area contributed by atoms with Crippen LogP contribution in [0.1, 0.15) is 16.0 Å². The number of aryl methyl sites for hydroxylation is 1. The summed E-state index contributed by atoms with van der Waals surface area (Å²) in [5, 5.41) is 6.09. The minimum atomic E-state index is -0.433. The lowest BCUT2D eigenvalue weighted by Gasteiger charge is -2.16. The molecule has 4 nitrogen and oxygen atoms in total. The summed E-state index contributed by atoms with van der Waals surface area (Å²) in [6.07, 6.45) is 0. The van der Waals surface area contributed by atoms with Gasteiger partial charge in [-0.3, -0.25) is 9.59 Å². The lowest BCUT2D eigenvalue weighted by atomic mass is 10.1. The molecule has 0 spiro atoms. The van der Waals surface area contributed by atoms with Crippen LogP contribution in [0, 0.1) is 13.8 Å². The van der Waals surface area contributed by atoms with Gasteiger partial charge in [-0.2, -0.15) is 0 Å². The first-order chi connectivity index (χ1) is 13.9. The number of halogens is 2. The van der Waals surface area contributed by atoms with Crippen molar-refractivity contribution in [3.8, 4) is 0 Å². The number of amides is 2. The molecule has 29 heavy (non-hydrogen) atoms. The molecule has 2 amide bonds. The van der Waals surface area contributed by atoms with Crippen molar-refractivity contribution in [2.75, 3.05) is 10.2 Å². The summed E-state index contributed by atoms with van der Waals surface area (Å²) in [6.45, 7) is 3.72. The van der Waals surface area contributed by atoms with E-state index in [1.54, 1.807) is 30.3 Å². The van der Waals surface area contributed by atoms with E-state index in [0.717, 1.165) is 16.0 Å². The van der Waals surface area contributed by atoms with Crippen molar-refractivity contribution in [3.05, 3.63) is 85.7 Å². The van der Waals surface area contributed by atoms with Gasteiger partial charge in [0.05, 0.1) is 11.3 Å². The van der Waals surface area contributed by atoms with Gasteiger partial charge < -0.3 is 5.32 Å². The Morgan fingerprint density at radius 2 is 1.72 bits per heavy atom. The van der Waals surface area contributed by atoms with Crippen LogP contribution in [0.25, 0.3) is 5.57 Å². The highest BCUT2D eigenvalue weighted by Crippen LogP contribution is 2.37. The molecular formula is C22H16Cl2N2O2S. The normalized spacial score (nSPS) is 14.1. The molecule has 4 rings (SSSR count). The Morgan fingerprint density at radius 3 is 2.41 bits per heavy atom. The van der Waals surface area contributed by atoms with E-state index in [0.29, 0.717) is 31.9 Å². The maximum Gasteiger partial charge on any atom is 0.282 e. The molecule has 1 aliphatic heterocycles. The molecule has 2 aromatic carbocycles. The Bertz CT molecular complexity index is 1170. The summed E-state index contributed by atoms with van der Waals surface area (Å²) in [7, 11) is 0. The molecule has 0 unspecified atom stereocenters. The van der Waals surface area contributed by atoms with Crippen LogP contribution >= 0.6 is 34.5 Å². The first-order valence-corrected chi connectivity index (χ1v) is 10.5. The molecule has 3 aromatic rings. The SMILES string of the molecule is Cc1ccc(N2C(=O)C(Nc3cccc(Cl)c3C)=C(c3cccs3)C2=O)cc1Cl. The second-order valence-electron chi connectivity index (χ2n) is 6.64. The standard InChI is InChI=1S/C22H16Cl2N2O2S/c1-12-8-9-14(11-16(12)24)26-21(27)19(18-7-4-10-29-18)20(22(26)28)25-17-6-3-5-15(23)13(17)2/h3-11,25H,1-2H3. The summed E-state index contributed by atoms with van der Waals surface area (Å²) in [4.78, 5) is 28.5. The quantitative estimate of drug-likeness (QED) is 0.498. The zero-order valence-corrected chi connectivity index (χ0v) is 18.0. The molecular weight excluding hydrogens is 427 g/mol. The Morgan fingerprint density at radius 1 is 0.931 bits per heavy atom. The molecule has 0 bridgehead atoms. The zero-order chi connectivity index (χ0) is 20.7. The summed E-state index contributed by atoms with van der Waals surface area (Å²) < 4.78 is 0. The van der Waals surface area contributed by atoms with Gasteiger partial charge in [-0.25, -0.2) is 4.90 Å². The van der Waals surface area contributed by atoms with Crippen molar-refractivity contribution in [2.45, 2.75) is 13.8 Å². The number of anilines is 2. The highest BCUT2D eigenvalue weighted by Gasteiger charge is 2.41. The highest BCUT2D eigenvalue weighted by molar-refractivity contribution is 7.11. The molecule has 0 saturated heterocycles. The Labute approximate surface area is 182 Å². The number of thiophene rings is 1. The van der Waals surface area contributed by atoms with Crippen LogP contribution in [0.3, 0.4) is 0 Å². The number of nitrogens with zero attached hydrogens (tertiary/aromatic N) is 1. The van der Waals surface area contributed by atoms with Crippen LogP contribution < -0.4 is 10.2 Å². The molecule has 1 aromatic heterocycles. The molecule has 0 fully saturated rings. The molecule has 0 saturated carbocycles. The van der Waals surface area contributed by atoms with Gasteiger partial charge >= 0.3 is 0 Å². The molecule has 2 heterocycles. The molecule has 0 aliphatic carbocycles. The van der Waals surface area contributed by atoms with Crippen LogP contribution in [-0.2, 0) is 9.59 Å². The van der Waals surface area contributed by atoms with Gasteiger partial charge in [0, 0.05) is 20.6 Å². The number of benzene rings is 2. The van der Waals surface area contributed by atoms with E-state index >= 15 is 0 Å². The minimum absolute atomic E-state index is 0.222. The van der Waals surface area contributed by atoms with E-state index in [2.05, 4.69) is 5.32 Å². The summed E-state index contributed by atoms with van der Waals surface area (Å²) >= 11 is 13.9. The fourth-order valence-corrected chi connectivity index (χ4v) is 4.25. The predicted molar refractivity (Wildman–Crippen MR) is 120 cm³/mol. The second-order valence-corrected chi connectivity index (χ2v) is 8.41. The predicted octanol–water partition coefficient (Wildman–Crippen LogP) is 6.07. The van der Waals surface area contributed by atoms with Crippen LogP contribution in [0.4, 0.5) is 11.4 Å². The summed E-state index contributed by atoms with van der Waals surface area (Å²) in [5.74, 6) is -0.822. The van der Waals surface area contributed by atoms with Gasteiger partial charge in [-0.15, -0.1) is 11.3 Å². The summed E-state index contributed by atoms with van der Waals surface area (Å²) in [6, 6.07) is 14.2. The van der Waals surface area contributed by atoms with E-state index < -0.39 is 5.91 Å². The first-order valence-electron chi connectivity index (χ1n) is 8.83. The lowest BCUT2D eigenvalue weighted by molar-refractivity contribution is -0.120. The number of imide groups is 1. The Balaban J connectivity index is 1.83. The third-order valence-electron chi connectivity index (χ3n) is 4.79. The van der Waals surface area contributed by atoms with Crippen molar-refractivity contribution in [2.24, 2.45) is 0 Å². The molecule has 0 atom stereocenters. The van der Waals surface area contributed by atoms with Gasteiger partial charge in [-0.05, 0) is 60.7 Å². The van der Waals surface area contributed by atoms with Crippen LogP contribution in [-0.4, -0.2) is 11.8 Å². The number of carbonyl (C=O) groups excluding carboxylic acids is 2. The van der Waals surface area contributed by atoms with Crippen LogP contribution in [0.15, 0.2) is 59.6 Å². The van der Waals surface area contributed by atoms with E-state index in [4.69, 9.17) is 23.2 Å². The average molecular weight is 443 g/mol. The van der Waals surface area contributed by atoms with Crippen molar-refractivity contribution in [3.63, 3.8) is 0 Å². The monoisotopic (exact) mass is 442 g/mol. The molecule has 7 heteroatoms.